The highest BCUT2D eigenvalue weighted by molar-refractivity contribution is 6.00. The summed E-state index contributed by atoms with van der Waals surface area (Å²) in [5.74, 6) is 0.179. The van der Waals surface area contributed by atoms with Crippen molar-refractivity contribution in [3.63, 3.8) is 0 Å². The number of anilines is 1. The minimum Gasteiger partial charge on any atom is -0.474 e. The van der Waals surface area contributed by atoms with Crippen LogP contribution in [0.15, 0.2) is 48.7 Å². The molecule has 0 unspecified atom stereocenters. The maximum Gasteiger partial charge on any atom is 0.227 e. The lowest BCUT2D eigenvalue weighted by atomic mass is 10.1. The first kappa shape index (κ1) is 18.5. The molecule has 2 heterocycles. The Bertz CT molecular complexity index is 834. The molecule has 2 aliphatic rings. The predicted molar refractivity (Wildman–Crippen MR) is 106 cm³/mol. The minimum atomic E-state index is -0.330. The van der Waals surface area contributed by atoms with Gasteiger partial charge in [0, 0.05) is 37.5 Å². The number of aromatic nitrogens is 1. The summed E-state index contributed by atoms with van der Waals surface area (Å²) in [4.78, 5) is 30.8. The number of para-hydroxylation sites is 1. The summed E-state index contributed by atoms with van der Waals surface area (Å²) < 4.78 is 5.92. The number of amides is 2. The van der Waals surface area contributed by atoms with Crippen molar-refractivity contribution in [2.24, 2.45) is 5.92 Å². The molecule has 6 nitrogen and oxygen atoms in total. The van der Waals surface area contributed by atoms with Gasteiger partial charge >= 0.3 is 0 Å². The van der Waals surface area contributed by atoms with Crippen molar-refractivity contribution >= 4 is 17.5 Å². The number of carbonyl (C=O) groups excluding carboxylic acids is 2. The van der Waals surface area contributed by atoms with E-state index in [4.69, 9.17) is 4.74 Å². The summed E-state index contributed by atoms with van der Waals surface area (Å²) in [5, 5.41) is 2.95. The minimum absolute atomic E-state index is 0.0116. The van der Waals surface area contributed by atoms with Crippen LogP contribution in [-0.2, 0) is 16.1 Å². The van der Waals surface area contributed by atoms with E-state index in [-0.39, 0.29) is 30.3 Å². The van der Waals surface area contributed by atoms with Crippen molar-refractivity contribution in [2.75, 3.05) is 11.4 Å². The van der Waals surface area contributed by atoms with Gasteiger partial charge < -0.3 is 15.0 Å². The molecular weight excluding hydrogens is 354 g/mol. The SMILES string of the molecule is O=C(NCc1ccnc(OC2CCCC2)c1)[C@@H]1CC(=O)N(c2ccccc2)C1. The number of rotatable bonds is 6. The summed E-state index contributed by atoms with van der Waals surface area (Å²) in [6.07, 6.45) is 6.79. The third-order valence-electron chi connectivity index (χ3n) is 5.42. The van der Waals surface area contributed by atoms with Crippen molar-refractivity contribution < 1.29 is 14.3 Å². The van der Waals surface area contributed by atoms with Gasteiger partial charge in [-0.25, -0.2) is 4.98 Å². The van der Waals surface area contributed by atoms with Gasteiger partial charge in [0.05, 0.1) is 5.92 Å². The van der Waals surface area contributed by atoms with Crippen LogP contribution in [0.4, 0.5) is 5.69 Å². The molecule has 1 N–H and O–H groups in total. The largest absolute Gasteiger partial charge is 0.474 e. The molecule has 28 heavy (non-hydrogen) atoms. The highest BCUT2D eigenvalue weighted by Gasteiger charge is 2.34. The van der Waals surface area contributed by atoms with Crippen LogP contribution >= 0.6 is 0 Å². The van der Waals surface area contributed by atoms with Gasteiger partial charge in [-0.15, -0.1) is 0 Å². The Kier molecular flexibility index (Phi) is 5.55. The smallest absolute Gasteiger partial charge is 0.227 e. The zero-order valence-corrected chi connectivity index (χ0v) is 15.8. The molecule has 1 aliphatic heterocycles. The molecule has 1 saturated heterocycles. The lowest BCUT2D eigenvalue weighted by molar-refractivity contribution is -0.126. The Morgan fingerprint density at radius 2 is 1.96 bits per heavy atom. The number of nitrogens with zero attached hydrogens (tertiary/aromatic N) is 2. The van der Waals surface area contributed by atoms with Crippen LogP contribution in [0.5, 0.6) is 5.88 Å². The quantitative estimate of drug-likeness (QED) is 0.837. The molecule has 1 aliphatic carbocycles. The molecule has 1 atom stereocenters. The van der Waals surface area contributed by atoms with Crippen LogP contribution in [0.2, 0.25) is 0 Å². The zero-order valence-electron chi connectivity index (χ0n) is 15.8. The lowest BCUT2D eigenvalue weighted by Gasteiger charge is -2.16. The van der Waals surface area contributed by atoms with Gasteiger partial charge in [-0.3, -0.25) is 9.59 Å². The number of ether oxygens (including phenoxy) is 1. The first-order valence-corrected chi connectivity index (χ1v) is 9.94. The highest BCUT2D eigenvalue weighted by atomic mass is 16.5. The average molecular weight is 379 g/mol. The van der Waals surface area contributed by atoms with E-state index in [0.717, 1.165) is 24.1 Å². The van der Waals surface area contributed by atoms with Crippen molar-refractivity contribution in [3.05, 3.63) is 54.2 Å². The van der Waals surface area contributed by atoms with E-state index in [1.165, 1.54) is 12.8 Å². The number of benzene rings is 1. The average Bonchev–Trinajstić information content (AvgIpc) is 3.37. The first-order valence-electron chi connectivity index (χ1n) is 9.94. The van der Waals surface area contributed by atoms with Gasteiger partial charge in [0.1, 0.15) is 6.10 Å². The number of hydrogen-bond acceptors (Lipinski definition) is 4. The normalized spacial score (nSPS) is 19.8. The highest BCUT2D eigenvalue weighted by Crippen LogP contribution is 2.25. The second-order valence-electron chi connectivity index (χ2n) is 7.49. The standard InChI is InChI=1S/C22H25N3O3/c26-21-13-17(15-25(21)18-6-2-1-3-7-18)22(27)24-14-16-10-11-23-20(12-16)28-19-8-4-5-9-19/h1-3,6-7,10-12,17,19H,4-5,8-9,13-15H2,(H,24,27)/t17-/m1/s1. The van der Waals surface area contributed by atoms with E-state index in [1.54, 1.807) is 11.1 Å². The third kappa shape index (κ3) is 4.32. The van der Waals surface area contributed by atoms with Crippen LogP contribution in [0.1, 0.15) is 37.7 Å². The van der Waals surface area contributed by atoms with Gasteiger partial charge in [-0.05, 0) is 49.4 Å². The molecule has 0 radical (unpaired) electrons. The summed E-state index contributed by atoms with van der Waals surface area (Å²) in [6.45, 7) is 0.819. The van der Waals surface area contributed by atoms with Gasteiger partial charge in [0.25, 0.3) is 0 Å². The number of carbonyl (C=O) groups is 2. The molecule has 0 bridgehead atoms. The van der Waals surface area contributed by atoms with Crippen LogP contribution in [0, 0.1) is 5.92 Å². The van der Waals surface area contributed by atoms with Crippen molar-refractivity contribution in [3.8, 4) is 5.88 Å². The van der Waals surface area contributed by atoms with Gasteiger partial charge in [-0.1, -0.05) is 18.2 Å². The summed E-state index contributed by atoms with van der Waals surface area (Å²) in [6, 6.07) is 13.2. The summed E-state index contributed by atoms with van der Waals surface area (Å²) in [7, 11) is 0. The van der Waals surface area contributed by atoms with E-state index in [1.807, 2.05) is 42.5 Å². The van der Waals surface area contributed by atoms with Crippen molar-refractivity contribution in [1.82, 2.24) is 10.3 Å². The fraction of sp³-hybridized carbons (Fsp3) is 0.409. The lowest BCUT2D eigenvalue weighted by Crippen LogP contribution is -2.32. The Morgan fingerprint density at radius 1 is 1.18 bits per heavy atom. The van der Waals surface area contributed by atoms with Crippen molar-refractivity contribution in [1.29, 1.82) is 0 Å². The van der Waals surface area contributed by atoms with Crippen LogP contribution in [0.25, 0.3) is 0 Å². The first-order chi connectivity index (χ1) is 13.7. The molecule has 1 aromatic heterocycles. The Balaban J connectivity index is 1.31. The molecule has 0 spiro atoms. The van der Waals surface area contributed by atoms with E-state index >= 15 is 0 Å². The maximum atomic E-state index is 12.6. The van der Waals surface area contributed by atoms with E-state index in [9.17, 15) is 9.59 Å². The van der Waals surface area contributed by atoms with Gasteiger partial charge in [0.2, 0.25) is 17.7 Å². The van der Waals surface area contributed by atoms with Crippen LogP contribution in [-0.4, -0.2) is 29.4 Å². The summed E-state index contributed by atoms with van der Waals surface area (Å²) in [5.41, 5.74) is 1.78. The fourth-order valence-corrected chi connectivity index (χ4v) is 3.88. The molecule has 2 aromatic rings. The molecule has 146 valence electrons. The zero-order chi connectivity index (χ0) is 19.3. The molecule has 2 amide bonds. The third-order valence-corrected chi connectivity index (χ3v) is 5.42. The number of nitrogens with one attached hydrogen (secondary N) is 1. The van der Waals surface area contributed by atoms with Gasteiger partial charge in [0.15, 0.2) is 0 Å². The van der Waals surface area contributed by atoms with E-state index in [0.29, 0.717) is 19.0 Å². The maximum absolute atomic E-state index is 12.6. The second-order valence-corrected chi connectivity index (χ2v) is 7.49. The van der Waals surface area contributed by atoms with Crippen LogP contribution in [0.3, 0.4) is 0 Å². The molecular formula is C22H25N3O3. The Morgan fingerprint density at radius 3 is 2.75 bits per heavy atom. The Labute approximate surface area is 164 Å². The molecule has 6 heteroatoms. The van der Waals surface area contributed by atoms with Gasteiger partial charge in [-0.2, -0.15) is 0 Å². The van der Waals surface area contributed by atoms with E-state index < -0.39 is 0 Å². The number of hydrogen-bond donors (Lipinski definition) is 1. The second kappa shape index (κ2) is 8.42. The monoisotopic (exact) mass is 379 g/mol. The molecule has 2 fully saturated rings. The predicted octanol–water partition coefficient (Wildman–Crippen LogP) is 3.07. The van der Waals surface area contributed by atoms with Crippen LogP contribution < -0.4 is 15.0 Å². The summed E-state index contributed by atoms with van der Waals surface area (Å²) >= 11 is 0. The topological polar surface area (TPSA) is 71.5 Å². The molecule has 1 saturated carbocycles. The fourth-order valence-electron chi connectivity index (χ4n) is 3.88. The Hall–Kier alpha value is -2.89. The number of pyridine rings is 1. The molecule has 1 aromatic carbocycles. The van der Waals surface area contributed by atoms with Crippen molar-refractivity contribution in [2.45, 2.75) is 44.8 Å². The van der Waals surface area contributed by atoms with E-state index in [2.05, 4.69) is 10.3 Å². The molecule has 4 rings (SSSR count).